The maximum absolute atomic E-state index is 13.3. The molecule has 1 saturated heterocycles. The van der Waals surface area contributed by atoms with Crippen molar-refractivity contribution in [3.63, 3.8) is 0 Å². The Morgan fingerprint density at radius 2 is 1.84 bits per heavy atom. The predicted octanol–water partition coefficient (Wildman–Crippen LogP) is 4.02. The lowest BCUT2D eigenvalue weighted by molar-refractivity contribution is 0.489. The fraction of sp³-hybridized carbons (Fsp3) is 0.250. The molecule has 0 bridgehead atoms. The Morgan fingerprint density at radius 3 is 2.68 bits per heavy atom. The Bertz CT molecular complexity index is 825. The van der Waals surface area contributed by atoms with E-state index < -0.39 is 11.6 Å². The molecule has 0 aromatic heterocycles. The fourth-order valence-corrected chi connectivity index (χ4v) is 3.41. The molecule has 0 aliphatic carbocycles. The minimum Gasteiger partial charge on any atom is -0.364 e. The summed E-state index contributed by atoms with van der Waals surface area (Å²) < 4.78 is 26.6. The third kappa shape index (κ3) is 3.46. The van der Waals surface area contributed by atoms with E-state index in [-0.39, 0.29) is 0 Å². The molecule has 25 heavy (non-hydrogen) atoms. The van der Waals surface area contributed by atoms with Gasteiger partial charge in [0, 0.05) is 44.4 Å². The zero-order valence-electron chi connectivity index (χ0n) is 13.8. The largest absolute Gasteiger partial charge is 0.364 e. The lowest BCUT2D eigenvalue weighted by atomic mass is 10.1. The highest BCUT2D eigenvalue weighted by molar-refractivity contribution is 5.81. The van der Waals surface area contributed by atoms with Gasteiger partial charge in [-0.05, 0) is 35.4 Å². The third-order valence-corrected chi connectivity index (χ3v) is 4.62. The highest BCUT2D eigenvalue weighted by Gasteiger charge is 2.25. The van der Waals surface area contributed by atoms with Gasteiger partial charge < -0.3 is 10.2 Å². The van der Waals surface area contributed by atoms with Crippen LogP contribution >= 0.6 is 0 Å². The molecule has 0 radical (unpaired) electrons. The summed E-state index contributed by atoms with van der Waals surface area (Å²) in [5.74, 6) is -1.14. The van der Waals surface area contributed by atoms with Gasteiger partial charge in [0.15, 0.2) is 0 Å². The molecule has 2 aliphatic heterocycles. The molecule has 2 heterocycles. The van der Waals surface area contributed by atoms with Gasteiger partial charge in [0.25, 0.3) is 0 Å². The summed E-state index contributed by atoms with van der Waals surface area (Å²) in [5.41, 5.74) is 3.58. The first kappa shape index (κ1) is 16.0. The average molecular weight is 339 g/mol. The highest BCUT2D eigenvalue weighted by atomic mass is 19.1. The summed E-state index contributed by atoms with van der Waals surface area (Å²) in [4.78, 5) is 6.98. The third-order valence-electron chi connectivity index (χ3n) is 4.62. The van der Waals surface area contributed by atoms with E-state index >= 15 is 0 Å². The number of hydrogen-bond donors (Lipinski definition) is 1. The van der Waals surface area contributed by atoms with Crippen LogP contribution in [0.1, 0.15) is 17.5 Å². The van der Waals surface area contributed by atoms with Crippen LogP contribution in [0, 0.1) is 11.6 Å². The van der Waals surface area contributed by atoms with Crippen molar-refractivity contribution in [3.8, 4) is 0 Å². The van der Waals surface area contributed by atoms with Crippen molar-refractivity contribution in [2.75, 3.05) is 24.5 Å². The summed E-state index contributed by atoms with van der Waals surface area (Å²) in [6.45, 7) is 2.86. The molecule has 1 N–H and O–H groups in total. The van der Waals surface area contributed by atoms with Gasteiger partial charge in [-0.15, -0.1) is 0 Å². The molecule has 5 heteroatoms. The van der Waals surface area contributed by atoms with E-state index in [4.69, 9.17) is 0 Å². The van der Waals surface area contributed by atoms with Gasteiger partial charge in [0.1, 0.15) is 11.6 Å². The monoisotopic (exact) mass is 339 g/mol. The Labute approximate surface area is 145 Å². The molecular weight excluding hydrogens is 320 g/mol. The van der Waals surface area contributed by atoms with Gasteiger partial charge in [-0.1, -0.05) is 18.2 Å². The molecule has 1 unspecified atom stereocenters. The van der Waals surface area contributed by atoms with Crippen LogP contribution in [0.2, 0.25) is 0 Å². The molecule has 4 rings (SSSR count). The highest BCUT2D eigenvalue weighted by Crippen LogP contribution is 2.34. The van der Waals surface area contributed by atoms with Gasteiger partial charge in [0.2, 0.25) is 0 Å². The number of aliphatic imine (C=N–C) groups is 1. The van der Waals surface area contributed by atoms with Crippen LogP contribution in [0.25, 0.3) is 12.2 Å². The lowest BCUT2D eigenvalue weighted by Crippen LogP contribution is -2.51. The van der Waals surface area contributed by atoms with Crippen LogP contribution in [-0.2, 0) is 0 Å². The van der Waals surface area contributed by atoms with Crippen molar-refractivity contribution in [2.45, 2.75) is 12.5 Å². The Morgan fingerprint density at radius 1 is 1.04 bits per heavy atom. The SMILES string of the molecule is Fc1cc(F)cc(/C=C/c2ccc3c(c2)N2CCNCC2CC=N3)c1. The summed E-state index contributed by atoms with van der Waals surface area (Å²) in [6, 6.07) is 10.0. The first-order valence-electron chi connectivity index (χ1n) is 8.47. The van der Waals surface area contributed by atoms with Crippen molar-refractivity contribution in [1.29, 1.82) is 0 Å². The van der Waals surface area contributed by atoms with E-state index in [9.17, 15) is 8.78 Å². The molecule has 2 aromatic rings. The minimum atomic E-state index is -0.570. The van der Waals surface area contributed by atoms with E-state index in [1.807, 2.05) is 24.4 Å². The van der Waals surface area contributed by atoms with Crippen molar-refractivity contribution in [1.82, 2.24) is 5.32 Å². The zero-order chi connectivity index (χ0) is 17.2. The minimum absolute atomic E-state index is 0.412. The molecule has 0 saturated carbocycles. The molecule has 3 nitrogen and oxygen atoms in total. The number of piperazine rings is 1. The van der Waals surface area contributed by atoms with E-state index in [1.54, 1.807) is 6.08 Å². The van der Waals surface area contributed by atoms with Crippen LogP contribution in [0.4, 0.5) is 20.2 Å². The standard InChI is InChI=1S/C20H19F2N3/c21-16-9-15(10-17(22)12-16)2-1-14-3-4-19-20(11-14)25-8-7-23-13-18(25)5-6-24-19/h1-4,6,9-12,18,23H,5,7-8,13H2/b2-1+. The second-order valence-electron chi connectivity index (χ2n) is 6.38. The maximum atomic E-state index is 13.3. The lowest BCUT2D eigenvalue weighted by Gasteiger charge is -2.37. The summed E-state index contributed by atoms with van der Waals surface area (Å²) in [6.07, 6.45) is 6.51. The van der Waals surface area contributed by atoms with Crippen LogP contribution in [0.3, 0.4) is 0 Å². The average Bonchev–Trinajstić information content (AvgIpc) is 2.78. The van der Waals surface area contributed by atoms with Crippen molar-refractivity contribution >= 4 is 29.7 Å². The molecule has 2 aromatic carbocycles. The van der Waals surface area contributed by atoms with Gasteiger partial charge in [-0.2, -0.15) is 0 Å². The molecule has 0 spiro atoms. The van der Waals surface area contributed by atoms with Gasteiger partial charge in [0.05, 0.1) is 11.4 Å². The van der Waals surface area contributed by atoms with Crippen LogP contribution < -0.4 is 10.2 Å². The number of hydrogen-bond acceptors (Lipinski definition) is 3. The Kier molecular flexibility index (Phi) is 4.32. The van der Waals surface area contributed by atoms with E-state index in [0.717, 1.165) is 49.1 Å². The smallest absolute Gasteiger partial charge is 0.126 e. The first-order chi connectivity index (χ1) is 12.2. The number of fused-ring (bicyclic) bond motifs is 3. The molecule has 2 aliphatic rings. The van der Waals surface area contributed by atoms with Crippen molar-refractivity contribution in [3.05, 3.63) is 59.2 Å². The van der Waals surface area contributed by atoms with Gasteiger partial charge in [-0.25, -0.2) is 8.78 Å². The summed E-state index contributed by atoms with van der Waals surface area (Å²) >= 11 is 0. The predicted molar refractivity (Wildman–Crippen MR) is 98.5 cm³/mol. The van der Waals surface area contributed by atoms with E-state index in [2.05, 4.69) is 21.3 Å². The molecule has 1 fully saturated rings. The fourth-order valence-electron chi connectivity index (χ4n) is 3.41. The summed E-state index contributed by atoms with van der Waals surface area (Å²) in [5, 5.41) is 3.43. The quantitative estimate of drug-likeness (QED) is 0.837. The normalized spacial score (nSPS) is 19.6. The van der Waals surface area contributed by atoms with E-state index in [1.165, 1.54) is 12.1 Å². The van der Waals surface area contributed by atoms with Gasteiger partial charge >= 0.3 is 0 Å². The number of benzene rings is 2. The first-order valence-corrected chi connectivity index (χ1v) is 8.47. The number of nitrogens with one attached hydrogen (secondary N) is 1. The maximum Gasteiger partial charge on any atom is 0.126 e. The molecular formula is C20H19F2N3. The van der Waals surface area contributed by atoms with Crippen LogP contribution in [0.15, 0.2) is 41.4 Å². The Balaban J connectivity index is 1.65. The zero-order valence-corrected chi connectivity index (χ0v) is 13.8. The molecule has 1 atom stereocenters. The Hall–Kier alpha value is -2.53. The van der Waals surface area contributed by atoms with Gasteiger partial charge in [-0.3, -0.25) is 4.99 Å². The topological polar surface area (TPSA) is 27.6 Å². The van der Waals surface area contributed by atoms with Crippen LogP contribution in [0.5, 0.6) is 0 Å². The van der Waals surface area contributed by atoms with Crippen molar-refractivity contribution in [2.24, 2.45) is 4.99 Å². The van der Waals surface area contributed by atoms with E-state index in [0.29, 0.717) is 11.6 Å². The van der Waals surface area contributed by atoms with Crippen molar-refractivity contribution < 1.29 is 8.78 Å². The summed E-state index contributed by atoms with van der Waals surface area (Å²) in [7, 11) is 0. The molecule has 128 valence electrons. The number of nitrogens with zero attached hydrogens (tertiary/aromatic N) is 2. The number of anilines is 1. The number of rotatable bonds is 2. The second-order valence-corrected chi connectivity index (χ2v) is 6.38. The second kappa shape index (κ2) is 6.76. The molecule has 0 amide bonds. The van der Waals surface area contributed by atoms with Crippen LogP contribution in [-0.4, -0.2) is 31.9 Å². The number of halogens is 2.